The molecule has 16 heavy (non-hydrogen) atoms. The van der Waals surface area contributed by atoms with Crippen LogP contribution in [0.2, 0.25) is 0 Å². The first-order chi connectivity index (χ1) is 7.79. The van der Waals surface area contributed by atoms with Gasteiger partial charge in [-0.15, -0.1) is 0 Å². The second kappa shape index (κ2) is 3.81. The molecule has 0 radical (unpaired) electrons. The smallest absolute Gasteiger partial charge is 0.108 e. The Morgan fingerprint density at radius 2 is 1.50 bits per heavy atom. The summed E-state index contributed by atoms with van der Waals surface area (Å²) in [4.78, 5) is 0. The van der Waals surface area contributed by atoms with E-state index < -0.39 is 0 Å². The van der Waals surface area contributed by atoms with Crippen LogP contribution in [-0.4, -0.2) is 8.75 Å². The number of nitrogens with zero attached hydrogens (tertiary/aromatic N) is 2. The molecule has 3 rings (SSSR count). The van der Waals surface area contributed by atoms with Gasteiger partial charge in [-0.2, -0.15) is 8.75 Å². The van der Waals surface area contributed by atoms with Crippen molar-refractivity contribution in [1.82, 2.24) is 8.75 Å². The lowest BCUT2D eigenvalue weighted by Gasteiger charge is -2.12. The van der Waals surface area contributed by atoms with Gasteiger partial charge in [0.05, 0.1) is 11.7 Å². The number of aromatic nitrogens is 2. The van der Waals surface area contributed by atoms with Crippen LogP contribution < -0.4 is 0 Å². The van der Waals surface area contributed by atoms with E-state index >= 15 is 0 Å². The number of hydrogen-bond acceptors (Lipinski definition) is 3. The Kier molecular flexibility index (Phi) is 2.43. The molecule has 1 aliphatic rings. The van der Waals surface area contributed by atoms with Gasteiger partial charge in [0, 0.05) is 0 Å². The predicted molar refractivity (Wildman–Crippen MR) is 68.1 cm³/mol. The third-order valence-electron chi connectivity index (χ3n) is 3.86. The van der Waals surface area contributed by atoms with Crippen molar-refractivity contribution in [3.05, 3.63) is 22.3 Å². The summed E-state index contributed by atoms with van der Waals surface area (Å²) >= 11 is 1.36. The zero-order valence-electron chi connectivity index (χ0n) is 9.84. The van der Waals surface area contributed by atoms with Crippen LogP contribution in [0.4, 0.5) is 0 Å². The quantitative estimate of drug-likeness (QED) is 0.649. The van der Waals surface area contributed by atoms with Gasteiger partial charge in [0.2, 0.25) is 0 Å². The summed E-state index contributed by atoms with van der Waals surface area (Å²) in [6, 6.07) is 0. The van der Waals surface area contributed by atoms with Gasteiger partial charge >= 0.3 is 0 Å². The standard InChI is InChI=1S/C13H16N2S/c1-8-9(2)12-13(15-16-14-12)11-7-5-3-4-6-10(8)11/h3-7H2,1-2H3. The van der Waals surface area contributed by atoms with E-state index in [0.717, 1.165) is 5.52 Å². The van der Waals surface area contributed by atoms with Gasteiger partial charge < -0.3 is 0 Å². The normalized spacial score (nSPS) is 16.1. The maximum atomic E-state index is 4.51. The first kappa shape index (κ1) is 10.2. The molecule has 0 saturated carbocycles. The molecule has 0 aliphatic heterocycles. The van der Waals surface area contributed by atoms with Crippen LogP contribution in [0.3, 0.4) is 0 Å². The van der Waals surface area contributed by atoms with Crippen molar-refractivity contribution in [3.63, 3.8) is 0 Å². The highest BCUT2D eigenvalue weighted by atomic mass is 32.1. The monoisotopic (exact) mass is 232 g/mol. The second-order valence-electron chi connectivity index (χ2n) is 4.73. The van der Waals surface area contributed by atoms with Crippen LogP contribution in [-0.2, 0) is 12.8 Å². The van der Waals surface area contributed by atoms with E-state index in [9.17, 15) is 0 Å². The largest absolute Gasteiger partial charge is 0.173 e. The average molecular weight is 232 g/mol. The van der Waals surface area contributed by atoms with Crippen molar-refractivity contribution in [2.24, 2.45) is 0 Å². The Labute approximate surface area is 100 Å². The van der Waals surface area contributed by atoms with Crippen LogP contribution in [0.1, 0.15) is 41.5 Å². The fraction of sp³-hybridized carbons (Fsp3) is 0.538. The molecule has 0 bridgehead atoms. The summed E-state index contributed by atoms with van der Waals surface area (Å²) in [5, 5.41) is 0. The van der Waals surface area contributed by atoms with Crippen LogP contribution >= 0.6 is 11.7 Å². The summed E-state index contributed by atoms with van der Waals surface area (Å²) in [7, 11) is 0. The van der Waals surface area contributed by atoms with Crippen molar-refractivity contribution in [2.45, 2.75) is 46.0 Å². The summed E-state index contributed by atoms with van der Waals surface area (Å²) < 4.78 is 8.95. The first-order valence-corrected chi connectivity index (χ1v) is 6.75. The minimum Gasteiger partial charge on any atom is -0.173 e. The van der Waals surface area contributed by atoms with Crippen molar-refractivity contribution < 1.29 is 0 Å². The van der Waals surface area contributed by atoms with Crippen molar-refractivity contribution in [3.8, 4) is 0 Å². The van der Waals surface area contributed by atoms with E-state index in [2.05, 4.69) is 22.6 Å². The maximum absolute atomic E-state index is 4.51. The summed E-state index contributed by atoms with van der Waals surface area (Å²) in [5.41, 5.74) is 8.18. The minimum atomic E-state index is 1.14. The topological polar surface area (TPSA) is 25.8 Å². The first-order valence-electron chi connectivity index (χ1n) is 6.02. The third-order valence-corrected chi connectivity index (χ3v) is 4.39. The van der Waals surface area contributed by atoms with E-state index in [-0.39, 0.29) is 0 Å². The van der Waals surface area contributed by atoms with Gasteiger partial charge in [-0.3, -0.25) is 0 Å². The number of hydrogen-bond donors (Lipinski definition) is 0. The van der Waals surface area contributed by atoms with Gasteiger partial charge in [0.1, 0.15) is 11.0 Å². The minimum absolute atomic E-state index is 1.14. The molecule has 0 atom stereocenters. The van der Waals surface area contributed by atoms with Gasteiger partial charge in [-0.25, -0.2) is 0 Å². The zero-order chi connectivity index (χ0) is 11.1. The molecule has 0 saturated heterocycles. The lowest BCUT2D eigenvalue weighted by molar-refractivity contribution is 0.711. The van der Waals surface area contributed by atoms with Gasteiger partial charge in [0.15, 0.2) is 0 Å². The van der Waals surface area contributed by atoms with Crippen LogP contribution in [0.25, 0.3) is 11.0 Å². The van der Waals surface area contributed by atoms with Gasteiger partial charge in [-0.1, -0.05) is 6.42 Å². The molecule has 2 aromatic rings. The lowest BCUT2D eigenvalue weighted by Crippen LogP contribution is -1.99. The SMILES string of the molecule is Cc1c2c(c3nsnc3c1C)CCCCC2. The van der Waals surface area contributed by atoms with Crippen molar-refractivity contribution in [1.29, 1.82) is 0 Å². The van der Waals surface area contributed by atoms with Crippen LogP contribution in [0.15, 0.2) is 0 Å². The molecule has 3 heteroatoms. The number of fused-ring (bicyclic) bond motifs is 3. The zero-order valence-corrected chi connectivity index (χ0v) is 10.7. The second-order valence-corrected chi connectivity index (χ2v) is 5.26. The van der Waals surface area contributed by atoms with E-state index in [1.807, 2.05) is 0 Å². The molecule has 0 fully saturated rings. The molecule has 0 amide bonds. The predicted octanol–water partition coefficient (Wildman–Crippen LogP) is 3.58. The molecule has 0 spiro atoms. The molecule has 84 valence electrons. The Bertz CT molecular complexity index is 542. The molecular weight excluding hydrogens is 216 g/mol. The fourth-order valence-electron chi connectivity index (χ4n) is 2.79. The molecule has 2 nitrogen and oxygen atoms in total. The van der Waals surface area contributed by atoms with Gasteiger partial charge in [0.25, 0.3) is 0 Å². The van der Waals surface area contributed by atoms with Crippen molar-refractivity contribution in [2.75, 3.05) is 0 Å². The fourth-order valence-corrected chi connectivity index (χ4v) is 3.42. The summed E-state index contributed by atoms with van der Waals surface area (Å²) in [6.45, 7) is 4.43. The average Bonchev–Trinajstić information content (AvgIpc) is 2.64. The number of rotatable bonds is 0. The van der Waals surface area contributed by atoms with Crippen LogP contribution in [0, 0.1) is 13.8 Å². The molecule has 1 aromatic carbocycles. The van der Waals surface area contributed by atoms with E-state index in [4.69, 9.17) is 0 Å². The van der Waals surface area contributed by atoms with E-state index in [1.165, 1.54) is 66.0 Å². The number of aryl methyl sites for hydroxylation is 2. The molecule has 0 unspecified atom stereocenters. The maximum Gasteiger partial charge on any atom is 0.108 e. The molecular formula is C13H16N2S. The highest BCUT2D eigenvalue weighted by molar-refractivity contribution is 7.00. The highest BCUT2D eigenvalue weighted by Gasteiger charge is 2.18. The highest BCUT2D eigenvalue weighted by Crippen LogP contribution is 2.32. The van der Waals surface area contributed by atoms with E-state index in [1.54, 1.807) is 5.56 Å². The third kappa shape index (κ3) is 1.38. The Morgan fingerprint density at radius 1 is 0.812 bits per heavy atom. The lowest BCUT2D eigenvalue weighted by atomic mass is 9.92. The van der Waals surface area contributed by atoms with E-state index in [0.29, 0.717) is 0 Å². The van der Waals surface area contributed by atoms with Gasteiger partial charge in [-0.05, 0) is 61.8 Å². The molecule has 1 heterocycles. The molecule has 0 N–H and O–H groups in total. The summed E-state index contributed by atoms with van der Waals surface area (Å²) in [6.07, 6.45) is 6.42. The van der Waals surface area contributed by atoms with Crippen LogP contribution in [0.5, 0.6) is 0 Å². The Balaban J connectivity index is 2.37. The van der Waals surface area contributed by atoms with Crippen molar-refractivity contribution >= 4 is 22.8 Å². The molecule has 1 aliphatic carbocycles. The Hall–Kier alpha value is -0.960. The Morgan fingerprint density at radius 3 is 2.31 bits per heavy atom. The summed E-state index contributed by atoms with van der Waals surface area (Å²) in [5.74, 6) is 0. The molecule has 1 aromatic heterocycles. The number of benzene rings is 1.